The quantitative estimate of drug-likeness (QED) is 0.425. The Hall–Kier alpha value is -1.95. The van der Waals surface area contributed by atoms with Crippen molar-refractivity contribution in [3.05, 3.63) is 45.7 Å². The van der Waals surface area contributed by atoms with Gasteiger partial charge in [-0.2, -0.15) is 0 Å². The minimum absolute atomic E-state index is 0.823. The van der Waals surface area contributed by atoms with Crippen LogP contribution in [0.15, 0.2) is 29.4 Å². The first-order valence-electron chi connectivity index (χ1n) is 9.74. The van der Waals surface area contributed by atoms with Gasteiger partial charge in [0, 0.05) is 49.2 Å². The van der Waals surface area contributed by atoms with E-state index in [1.54, 1.807) is 0 Å². The molecule has 0 saturated carbocycles. The second-order valence-electron chi connectivity index (χ2n) is 6.55. The van der Waals surface area contributed by atoms with Crippen LogP contribution in [0.1, 0.15) is 47.5 Å². The van der Waals surface area contributed by atoms with Crippen molar-refractivity contribution < 1.29 is 0 Å². The fraction of sp³-hybridized carbons (Fsp3) is 0.550. The number of pyridine rings is 1. The molecule has 1 aliphatic rings. The molecule has 0 fully saturated rings. The molecule has 0 bridgehead atoms. The van der Waals surface area contributed by atoms with Gasteiger partial charge in [0.2, 0.25) is 0 Å². The van der Waals surface area contributed by atoms with Crippen LogP contribution in [-0.4, -0.2) is 35.6 Å². The highest BCUT2D eigenvalue weighted by Crippen LogP contribution is 2.27. The lowest BCUT2D eigenvalue weighted by Crippen LogP contribution is -2.38. The topological polar surface area (TPSA) is 62.2 Å². The van der Waals surface area contributed by atoms with Gasteiger partial charge < -0.3 is 10.6 Å². The fourth-order valence-corrected chi connectivity index (χ4v) is 4.33. The molecule has 0 spiro atoms. The molecule has 26 heavy (non-hydrogen) atoms. The number of nitrogens with zero attached hydrogens (tertiary/aromatic N) is 3. The van der Waals surface area contributed by atoms with Gasteiger partial charge in [0.15, 0.2) is 5.96 Å². The number of hydrogen-bond acceptors (Lipinski definition) is 4. The van der Waals surface area contributed by atoms with E-state index >= 15 is 0 Å². The van der Waals surface area contributed by atoms with Crippen LogP contribution in [0.25, 0.3) is 0 Å². The minimum atomic E-state index is 0.823. The number of fused-ring (bicyclic) bond motifs is 1. The van der Waals surface area contributed by atoms with Crippen molar-refractivity contribution in [3.63, 3.8) is 0 Å². The van der Waals surface area contributed by atoms with Crippen LogP contribution in [-0.2, 0) is 25.7 Å². The zero-order chi connectivity index (χ0) is 18.0. The van der Waals surface area contributed by atoms with E-state index in [0.29, 0.717) is 0 Å². The number of aliphatic imine (C=N–C) groups is 1. The van der Waals surface area contributed by atoms with E-state index in [1.165, 1.54) is 41.3 Å². The molecule has 6 heteroatoms. The van der Waals surface area contributed by atoms with Gasteiger partial charge in [-0.15, -0.1) is 11.3 Å². The highest BCUT2D eigenvalue weighted by Gasteiger charge is 2.14. The highest BCUT2D eigenvalue weighted by molar-refractivity contribution is 7.11. The maximum atomic E-state index is 4.82. The summed E-state index contributed by atoms with van der Waals surface area (Å²) in [6.07, 6.45) is 9.86. The monoisotopic (exact) mass is 371 g/mol. The van der Waals surface area contributed by atoms with Crippen molar-refractivity contribution in [1.82, 2.24) is 20.6 Å². The Morgan fingerprint density at radius 3 is 2.92 bits per heavy atom. The SMILES string of the molecule is CCNC(=NCCCc1nc2c(s1)CCCC2)NCCc1ccccn1. The van der Waals surface area contributed by atoms with Crippen LogP contribution in [0.4, 0.5) is 0 Å². The Kier molecular flexibility index (Phi) is 7.43. The van der Waals surface area contributed by atoms with Gasteiger partial charge >= 0.3 is 0 Å². The van der Waals surface area contributed by atoms with E-state index in [0.717, 1.165) is 50.6 Å². The van der Waals surface area contributed by atoms with Crippen molar-refractivity contribution in [2.45, 2.75) is 51.9 Å². The number of guanidine groups is 1. The highest BCUT2D eigenvalue weighted by atomic mass is 32.1. The van der Waals surface area contributed by atoms with Crippen LogP contribution in [0.5, 0.6) is 0 Å². The third-order valence-electron chi connectivity index (χ3n) is 4.45. The molecule has 2 aromatic heterocycles. The molecule has 0 aromatic carbocycles. The molecule has 0 unspecified atom stereocenters. The number of aryl methyl sites for hydroxylation is 3. The number of aromatic nitrogens is 2. The molecule has 0 amide bonds. The molecular weight excluding hydrogens is 342 g/mol. The van der Waals surface area contributed by atoms with Gasteiger partial charge in [0.1, 0.15) is 0 Å². The first-order chi connectivity index (χ1) is 12.8. The standard InChI is InChI=1S/C20H29N5S/c1-2-21-20(24-15-12-16-8-5-6-13-22-16)23-14-7-11-19-25-17-9-3-4-10-18(17)26-19/h5-6,8,13H,2-4,7,9-12,14-15H2,1H3,(H2,21,23,24). The Balaban J connectivity index is 1.41. The molecule has 2 aromatic rings. The van der Waals surface area contributed by atoms with Crippen molar-refractivity contribution >= 4 is 17.3 Å². The molecule has 2 N–H and O–H groups in total. The number of thiazole rings is 1. The summed E-state index contributed by atoms with van der Waals surface area (Å²) in [7, 11) is 0. The molecular formula is C20H29N5S. The van der Waals surface area contributed by atoms with Crippen molar-refractivity contribution in [2.75, 3.05) is 19.6 Å². The van der Waals surface area contributed by atoms with Crippen LogP contribution in [0.3, 0.4) is 0 Å². The molecule has 1 aliphatic carbocycles. The molecule has 140 valence electrons. The zero-order valence-electron chi connectivity index (χ0n) is 15.6. The predicted molar refractivity (Wildman–Crippen MR) is 109 cm³/mol. The Morgan fingerprint density at radius 1 is 1.19 bits per heavy atom. The molecule has 0 atom stereocenters. The van der Waals surface area contributed by atoms with E-state index in [-0.39, 0.29) is 0 Å². The summed E-state index contributed by atoms with van der Waals surface area (Å²) in [5.41, 5.74) is 2.47. The lowest BCUT2D eigenvalue weighted by Gasteiger charge is -2.10. The second-order valence-corrected chi connectivity index (χ2v) is 7.71. The van der Waals surface area contributed by atoms with Crippen molar-refractivity contribution in [3.8, 4) is 0 Å². The van der Waals surface area contributed by atoms with Crippen molar-refractivity contribution in [2.24, 2.45) is 4.99 Å². The van der Waals surface area contributed by atoms with Crippen LogP contribution >= 0.6 is 11.3 Å². The molecule has 0 saturated heterocycles. The third kappa shape index (κ3) is 5.80. The van der Waals surface area contributed by atoms with Gasteiger partial charge in [-0.1, -0.05) is 6.07 Å². The Labute approximate surface area is 160 Å². The third-order valence-corrected chi connectivity index (χ3v) is 5.67. The zero-order valence-corrected chi connectivity index (χ0v) is 16.4. The summed E-state index contributed by atoms with van der Waals surface area (Å²) >= 11 is 1.92. The first kappa shape index (κ1) is 18.8. The molecule has 5 nitrogen and oxygen atoms in total. The van der Waals surface area contributed by atoms with Gasteiger partial charge in [0.25, 0.3) is 0 Å². The van der Waals surface area contributed by atoms with E-state index in [4.69, 9.17) is 9.98 Å². The second kappa shape index (κ2) is 10.3. The van der Waals surface area contributed by atoms with Gasteiger partial charge in [-0.05, 0) is 51.2 Å². The van der Waals surface area contributed by atoms with E-state index in [9.17, 15) is 0 Å². The lowest BCUT2D eigenvalue weighted by molar-refractivity contribution is 0.679. The number of hydrogen-bond donors (Lipinski definition) is 2. The van der Waals surface area contributed by atoms with Crippen LogP contribution in [0.2, 0.25) is 0 Å². The van der Waals surface area contributed by atoms with Gasteiger partial charge in [-0.25, -0.2) is 4.98 Å². The number of rotatable bonds is 8. The summed E-state index contributed by atoms with van der Waals surface area (Å²) in [4.78, 5) is 15.4. The maximum Gasteiger partial charge on any atom is 0.191 e. The van der Waals surface area contributed by atoms with E-state index < -0.39 is 0 Å². The smallest absolute Gasteiger partial charge is 0.191 e. The summed E-state index contributed by atoms with van der Waals surface area (Å²) < 4.78 is 0. The first-order valence-corrected chi connectivity index (χ1v) is 10.6. The predicted octanol–water partition coefficient (Wildman–Crippen LogP) is 3.15. The Bertz CT molecular complexity index is 672. The average Bonchev–Trinajstić information content (AvgIpc) is 3.09. The summed E-state index contributed by atoms with van der Waals surface area (Å²) in [5.74, 6) is 0.891. The van der Waals surface area contributed by atoms with Crippen LogP contribution in [0, 0.1) is 0 Å². The van der Waals surface area contributed by atoms with Gasteiger partial charge in [-0.3, -0.25) is 9.98 Å². The molecule has 2 heterocycles. The normalized spacial score (nSPS) is 14.1. The largest absolute Gasteiger partial charge is 0.357 e. The summed E-state index contributed by atoms with van der Waals surface area (Å²) in [6.45, 7) is 4.62. The van der Waals surface area contributed by atoms with E-state index in [2.05, 4.69) is 28.6 Å². The molecule has 3 rings (SSSR count). The fourth-order valence-electron chi connectivity index (χ4n) is 3.13. The number of nitrogens with one attached hydrogen (secondary N) is 2. The maximum absolute atomic E-state index is 4.82. The average molecular weight is 372 g/mol. The minimum Gasteiger partial charge on any atom is -0.357 e. The van der Waals surface area contributed by atoms with E-state index in [1.807, 2.05) is 29.7 Å². The summed E-state index contributed by atoms with van der Waals surface area (Å²) in [5, 5.41) is 8.00. The lowest BCUT2D eigenvalue weighted by atomic mass is 10.0. The van der Waals surface area contributed by atoms with Crippen molar-refractivity contribution in [1.29, 1.82) is 0 Å². The molecule has 0 radical (unpaired) electrons. The summed E-state index contributed by atoms with van der Waals surface area (Å²) in [6, 6.07) is 6.03. The van der Waals surface area contributed by atoms with Crippen LogP contribution < -0.4 is 10.6 Å². The Morgan fingerprint density at radius 2 is 2.12 bits per heavy atom. The molecule has 0 aliphatic heterocycles. The van der Waals surface area contributed by atoms with Gasteiger partial charge in [0.05, 0.1) is 10.7 Å².